The van der Waals surface area contributed by atoms with Gasteiger partial charge in [0, 0.05) is 18.8 Å². The van der Waals surface area contributed by atoms with E-state index in [0.717, 1.165) is 0 Å². The number of phenolic OH excluding ortho intramolecular Hbond substituents is 1. The molecule has 1 N–H and O–H groups in total. The van der Waals surface area contributed by atoms with Crippen LogP contribution >= 0.6 is 0 Å². The SMILES string of the molecule is CC(c1ccccc1O)N(C)C(=O)c1cccnc1F. The summed E-state index contributed by atoms with van der Waals surface area (Å²) in [6.45, 7) is 1.77. The van der Waals surface area contributed by atoms with Crippen LogP contribution in [0.2, 0.25) is 0 Å². The van der Waals surface area contributed by atoms with Gasteiger partial charge in [0.1, 0.15) is 5.75 Å². The number of carbonyl (C=O) groups is 1. The Balaban J connectivity index is 2.28. The molecule has 0 spiro atoms. The minimum absolute atomic E-state index is 0.0859. The van der Waals surface area contributed by atoms with Crippen molar-refractivity contribution >= 4 is 5.91 Å². The van der Waals surface area contributed by atoms with Crippen molar-refractivity contribution in [1.82, 2.24) is 9.88 Å². The largest absolute Gasteiger partial charge is 0.508 e. The highest BCUT2D eigenvalue weighted by Crippen LogP contribution is 2.28. The predicted molar refractivity (Wildman–Crippen MR) is 72.8 cm³/mol. The molecule has 1 aromatic carbocycles. The van der Waals surface area contributed by atoms with Crippen molar-refractivity contribution in [3.8, 4) is 5.75 Å². The molecule has 4 nitrogen and oxygen atoms in total. The molecule has 5 heteroatoms. The Labute approximate surface area is 116 Å². The van der Waals surface area contributed by atoms with Gasteiger partial charge >= 0.3 is 0 Å². The number of aromatic nitrogens is 1. The molecule has 0 aliphatic heterocycles. The number of carbonyl (C=O) groups excluding carboxylic acids is 1. The van der Waals surface area contributed by atoms with Gasteiger partial charge in [0.05, 0.1) is 11.6 Å². The number of hydrogen-bond acceptors (Lipinski definition) is 3. The van der Waals surface area contributed by atoms with E-state index in [1.165, 1.54) is 23.2 Å². The molecule has 1 heterocycles. The van der Waals surface area contributed by atoms with Crippen molar-refractivity contribution in [2.75, 3.05) is 7.05 Å². The first kappa shape index (κ1) is 14.0. The Kier molecular flexibility index (Phi) is 3.98. The molecule has 0 radical (unpaired) electrons. The van der Waals surface area contributed by atoms with E-state index >= 15 is 0 Å². The summed E-state index contributed by atoms with van der Waals surface area (Å²) in [5, 5.41) is 9.81. The summed E-state index contributed by atoms with van der Waals surface area (Å²) in [5.41, 5.74) is 0.518. The molecule has 20 heavy (non-hydrogen) atoms. The quantitative estimate of drug-likeness (QED) is 0.876. The summed E-state index contributed by atoms with van der Waals surface area (Å²) >= 11 is 0. The van der Waals surface area contributed by atoms with Gasteiger partial charge in [-0.15, -0.1) is 0 Å². The van der Waals surface area contributed by atoms with Gasteiger partial charge in [-0.2, -0.15) is 4.39 Å². The topological polar surface area (TPSA) is 53.4 Å². The fraction of sp³-hybridized carbons (Fsp3) is 0.200. The molecule has 0 aliphatic carbocycles. The number of halogens is 1. The lowest BCUT2D eigenvalue weighted by Gasteiger charge is -2.26. The molecule has 0 bridgehead atoms. The highest BCUT2D eigenvalue weighted by molar-refractivity contribution is 5.94. The predicted octanol–water partition coefficient (Wildman–Crippen LogP) is 2.76. The number of pyridine rings is 1. The van der Waals surface area contributed by atoms with Gasteiger partial charge in [-0.05, 0) is 25.1 Å². The fourth-order valence-corrected chi connectivity index (χ4v) is 1.96. The van der Waals surface area contributed by atoms with Crippen molar-refractivity contribution in [3.05, 3.63) is 59.7 Å². The summed E-state index contributed by atoms with van der Waals surface area (Å²) in [6.07, 6.45) is 1.29. The summed E-state index contributed by atoms with van der Waals surface area (Å²) in [4.78, 5) is 17.1. The van der Waals surface area contributed by atoms with Crippen molar-refractivity contribution in [2.24, 2.45) is 0 Å². The van der Waals surface area contributed by atoms with Crippen LogP contribution in [0, 0.1) is 5.95 Å². The van der Waals surface area contributed by atoms with Crippen LogP contribution < -0.4 is 0 Å². The van der Waals surface area contributed by atoms with Crippen molar-refractivity contribution in [3.63, 3.8) is 0 Å². The Hall–Kier alpha value is -2.43. The number of rotatable bonds is 3. The summed E-state index contributed by atoms with van der Waals surface area (Å²) in [7, 11) is 1.56. The highest BCUT2D eigenvalue weighted by Gasteiger charge is 2.23. The molecular formula is C15H15FN2O2. The molecule has 1 unspecified atom stereocenters. The minimum atomic E-state index is -0.797. The maximum absolute atomic E-state index is 13.5. The van der Waals surface area contributed by atoms with Crippen LogP contribution in [-0.2, 0) is 0 Å². The zero-order chi connectivity index (χ0) is 14.7. The number of hydrogen-bond donors (Lipinski definition) is 1. The van der Waals surface area contributed by atoms with Crippen molar-refractivity contribution in [2.45, 2.75) is 13.0 Å². The molecule has 0 fully saturated rings. The maximum Gasteiger partial charge on any atom is 0.258 e. The lowest BCUT2D eigenvalue weighted by molar-refractivity contribution is 0.0735. The monoisotopic (exact) mass is 274 g/mol. The third kappa shape index (κ3) is 2.61. The van der Waals surface area contributed by atoms with E-state index in [1.54, 1.807) is 38.2 Å². The van der Waals surface area contributed by atoms with Crippen LogP contribution in [0.1, 0.15) is 28.9 Å². The summed E-state index contributed by atoms with van der Waals surface area (Å²) < 4.78 is 13.5. The normalized spacial score (nSPS) is 11.9. The second kappa shape index (κ2) is 5.69. The Bertz CT molecular complexity index is 631. The van der Waals surface area contributed by atoms with Crippen LogP contribution in [0.3, 0.4) is 0 Å². The second-order valence-corrected chi connectivity index (χ2v) is 4.49. The van der Waals surface area contributed by atoms with E-state index in [1.807, 2.05) is 0 Å². The smallest absolute Gasteiger partial charge is 0.258 e. The number of nitrogens with zero attached hydrogens (tertiary/aromatic N) is 2. The van der Waals surface area contributed by atoms with Gasteiger partial charge in [-0.1, -0.05) is 18.2 Å². The van der Waals surface area contributed by atoms with E-state index in [2.05, 4.69) is 4.98 Å². The number of phenols is 1. The lowest BCUT2D eigenvalue weighted by atomic mass is 10.1. The standard InChI is InChI=1S/C15H15FN2O2/c1-10(11-6-3-4-8-13(11)19)18(2)15(20)12-7-5-9-17-14(12)16/h3-10,19H,1-2H3. The number of amides is 1. The van der Waals surface area contributed by atoms with Gasteiger partial charge in [0.2, 0.25) is 5.95 Å². The summed E-state index contributed by atoms with van der Waals surface area (Å²) in [5.74, 6) is -1.17. The van der Waals surface area contributed by atoms with Crippen molar-refractivity contribution in [1.29, 1.82) is 0 Å². The highest BCUT2D eigenvalue weighted by atomic mass is 19.1. The van der Waals surface area contributed by atoms with Crippen LogP contribution in [-0.4, -0.2) is 27.9 Å². The van der Waals surface area contributed by atoms with E-state index in [0.29, 0.717) is 5.56 Å². The Morgan fingerprint density at radius 3 is 2.65 bits per heavy atom. The zero-order valence-electron chi connectivity index (χ0n) is 11.2. The van der Waals surface area contributed by atoms with Gasteiger partial charge in [0.25, 0.3) is 5.91 Å². The van der Waals surface area contributed by atoms with Gasteiger partial charge in [-0.25, -0.2) is 4.98 Å². The molecule has 1 amide bonds. The molecule has 0 aliphatic rings. The first-order valence-electron chi connectivity index (χ1n) is 6.18. The molecule has 0 saturated carbocycles. The summed E-state index contributed by atoms with van der Waals surface area (Å²) in [6, 6.07) is 9.26. The van der Waals surface area contributed by atoms with E-state index < -0.39 is 11.9 Å². The molecule has 2 rings (SSSR count). The lowest BCUT2D eigenvalue weighted by Crippen LogP contribution is -2.30. The van der Waals surface area contributed by atoms with Crippen LogP contribution in [0.15, 0.2) is 42.6 Å². The molecule has 2 aromatic rings. The van der Waals surface area contributed by atoms with Gasteiger partial charge in [0.15, 0.2) is 0 Å². The first-order chi connectivity index (χ1) is 9.52. The molecule has 1 atom stereocenters. The van der Waals surface area contributed by atoms with E-state index in [-0.39, 0.29) is 17.4 Å². The second-order valence-electron chi connectivity index (χ2n) is 4.49. The molecule has 0 saturated heterocycles. The molecule has 104 valence electrons. The minimum Gasteiger partial charge on any atom is -0.508 e. The van der Waals surface area contributed by atoms with E-state index in [4.69, 9.17) is 0 Å². The van der Waals surface area contributed by atoms with Crippen LogP contribution in [0.5, 0.6) is 5.75 Å². The fourth-order valence-electron chi connectivity index (χ4n) is 1.96. The van der Waals surface area contributed by atoms with Gasteiger partial charge in [-0.3, -0.25) is 4.79 Å². The number of aromatic hydroxyl groups is 1. The molecular weight excluding hydrogens is 259 g/mol. The molecule has 1 aromatic heterocycles. The van der Waals surface area contributed by atoms with E-state index in [9.17, 15) is 14.3 Å². The average Bonchev–Trinajstić information content (AvgIpc) is 2.46. The Morgan fingerprint density at radius 1 is 1.30 bits per heavy atom. The average molecular weight is 274 g/mol. The number of para-hydroxylation sites is 1. The third-order valence-corrected chi connectivity index (χ3v) is 3.28. The van der Waals surface area contributed by atoms with Crippen LogP contribution in [0.4, 0.5) is 4.39 Å². The first-order valence-corrected chi connectivity index (χ1v) is 6.18. The zero-order valence-corrected chi connectivity index (χ0v) is 11.2. The number of benzene rings is 1. The van der Waals surface area contributed by atoms with Gasteiger partial charge < -0.3 is 10.0 Å². The maximum atomic E-state index is 13.5. The third-order valence-electron chi connectivity index (χ3n) is 3.28. The Morgan fingerprint density at radius 2 is 2.00 bits per heavy atom. The van der Waals surface area contributed by atoms with Crippen LogP contribution in [0.25, 0.3) is 0 Å². The van der Waals surface area contributed by atoms with Crippen molar-refractivity contribution < 1.29 is 14.3 Å².